The van der Waals surface area contributed by atoms with E-state index < -0.39 is 0 Å². The van der Waals surface area contributed by atoms with Crippen molar-refractivity contribution in [2.24, 2.45) is 0 Å². The Morgan fingerprint density at radius 2 is 1.68 bits per heavy atom. The van der Waals surface area contributed by atoms with E-state index >= 15 is 0 Å². The molecule has 0 N–H and O–H groups in total. The van der Waals surface area contributed by atoms with Crippen LogP contribution in [0.15, 0.2) is 48.5 Å². The third kappa shape index (κ3) is 3.04. The van der Waals surface area contributed by atoms with Gasteiger partial charge in [-0.05, 0) is 67.6 Å². The highest BCUT2D eigenvalue weighted by Gasteiger charge is 2.07. The zero-order valence-electron chi connectivity index (χ0n) is 12.9. The number of rotatable bonds is 4. The molecule has 3 rings (SSSR count). The molecule has 3 aromatic rings. The number of benzene rings is 2. The molecule has 0 aliphatic heterocycles. The fourth-order valence-corrected chi connectivity index (χ4v) is 3.33. The molecular weight excluding hydrogens is 292 g/mol. The first-order valence-corrected chi connectivity index (χ1v) is 8.16. The number of fused-ring (bicyclic) bond motifs is 1. The number of carbonyl (C=O) groups is 1. The Kier molecular flexibility index (Phi) is 3.99. The van der Waals surface area contributed by atoms with Gasteiger partial charge >= 0.3 is 0 Å². The summed E-state index contributed by atoms with van der Waals surface area (Å²) in [5.41, 5.74) is 2.30. The van der Waals surface area contributed by atoms with Crippen LogP contribution < -0.4 is 4.74 Å². The maximum absolute atomic E-state index is 11.5. The Labute approximate surface area is 134 Å². The quantitative estimate of drug-likeness (QED) is 0.590. The lowest BCUT2D eigenvalue weighted by molar-refractivity contribution is 0.102. The fraction of sp³-hybridized carbons (Fsp3) is 0.211. The molecule has 0 bridgehead atoms. The molecule has 0 aliphatic rings. The molecule has 2 aromatic carbocycles. The molecule has 0 spiro atoms. The number of hydrogen-bond donors (Lipinski definition) is 0. The van der Waals surface area contributed by atoms with Crippen molar-refractivity contribution >= 4 is 27.2 Å². The van der Waals surface area contributed by atoms with Crippen LogP contribution in [0.4, 0.5) is 0 Å². The van der Waals surface area contributed by atoms with Crippen LogP contribution in [0, 0.1) is 0 Å². The van der Waals surface area contributed by atoms with Crippen LogP contribution in [0.25, 0.3) is 21.2 Å². The molecule has 0 amide bonds. The SMILES string of the molecule is CC(=O)c1cc2cc(-c3ccc(OC(C)C)cc3)ccc2s1. The van der Waals surface area contributed by atoms with Crippen molar-refractivity contribution in [3.05, 3.63) is 53.4 Å². The standard InChI is InChI=1S/C19H18O2S/c1-12(2)21-17-7-4-14(5-8-17)15-6-9-18-16(10-15)11-19(22-18)13(3)20/h4-12H,1-3H3. The zero-order valence-corrected chi connectivity index (χ0v) is 13.7. The van der Waals surface area contributed by atoms with Crippen molar-refractivity contribution < 1.29 is 9.53 Å². The van der Waals surface area contributed by atoms with Gasteiger partial charge in [0.1, 0.15) is 5.75 Å². The van der Waals surface area contributed by atoms with Crippen molar-refractivity contribution in [2.75, 3.05) is 0 Å². The Morgan fingerprint density at radius 3 is 2.32 bits per heavy atom. The van der Waals surface area contributed by atoms with Crippen LogP contribution in [-0.2, 0) is 0 Å². The summed E-state index contributed by atoms with van der Waals surface area (Å²) in [7, 11) is 0. The predicted molar refractivity (Wildman–Crippen MR) is 93.0 cm³/mol. The second-order valence-corrected chi connectivity index (χ2v) is 6.69. The molecule has 0 atom stereocenters. The summed E-state index contributed by atoms with van der Waals surface area (Å²) in [4.78, 5) is 12.3. The van der Waals surface area contributed by atoms with Gasteiger partial charge in [0.15, 0.2) is 5.78 Å². The molecule has 3 heteroatoms. The van der Waals surface area contributed by atoms with Crippen molar-refractivity contribution in [3.63, 3.8) is 0 Å². The van der Waals surface area contributed by atoms with E-state index in [-0.39, 0.29) is 11.9 Å². The summed E-state index contributed by atoms with van der Waals surface area (Å²) in [6.07, 6.45) is 0.179. The Balaban J connectivity index is 1.94. The molecule has 112 valence electrons. The second kappa shape index (κ2) is 5.93. The van der Waals surface area contributed by atoms with Crippen molar-refractivity contribution in [3.8, 4) is 16.9 Å². The molecule has 22 heavy (non-hydrogen) atoms. The number of hydrogen-bond acceptors (Lipinski definition) is 3. The minimum atomic E-state index is 0.123. The number of Topliss-reactive ketones (excluding diaryl/α,β-unsaturated/α-hetero) is 1. The van der Waals surface area contributed by atoms with Gasteiger partial charge in [-0.2, -0.15) is 0 Å². The maximum Gasteiger partial charge on any atom is 0.169 e. The first kappa shape index (κ1) is 14.8. The van der Waals surface area contributed by atoms with Crippen molar-refractivity contribution in [1.82, 2.24) is 0 Å². The fourth-order valence-electron chi connectivity index (χ4n) is 2.39. The minimum absolute atomic E-state index is 0.123. The van der Waals surface area contributed by atoms with Gasteiger partial charge in [0.2, 0.25) is 0 Å². The van der Waals surface area contributed by atoms with Gasteiger partial charge in [-0.15, -0.1) is 11.3 Å². The average Bonchev–Trinajstić information content (AvgIpc) is 2.90. The summed E-state index contributed by atoms with van der Waals surface area (Å²) in [5.74, 6) is 1.01. The molecule has 0 unspecified atom stereocenters. The van der Waals surface area contributed by atoms with Crippen LogP contribution >= 0.6 is 11.3 Å². The van der Waals surface area contributed by atoms with Crippen molar-refractivity contribution in [2.45, 2.75) is 26.9 Å². The Morgan fingerprint density at radius 1 is 1.00 bits per heavy atom. The van der Waals surface area contributed by atoms with Crippen LogP contribution in [0.1, 0.15) is 30.4 Å². The summed E-state index contributed by atoms with van der Waals surface area (Å²) >= 11 is 1.55. The van der Waals surface area contributed by atoms with E-state index in [1.807, 2.05) is 32.0 Å². The van der Waals surface area contributed by atoms with E-state index in [9.17, 15) is 4.79 Å². The summed E-state index contributed by atoms with van der Waals surface area (Å²) in [6.45, 7) is 5.65. The van der Waals surface area contributed by atoms with E-state index in [2.05, 4.69) is 30.3 Å². The molecule has 0 fully saturated rings. The number of carbonyl (C=O) groups excluding carboxylic acids is 1. The lowest BCUT2D eigenvalue weighted by atomic mass is 10.0. The van der Waals surface area contributed by atoms with Gasteiger partial charge < -0.3 is 4.74 Å². The first-order valence-electron chi connectivity index (χ1n) is 7.34. The zero-order chi connectivity index (χ0) is 15.7. The number of thiophene rings is 1. The molecule has 0 radical (unpaired) electrons. The largest absolute Gasteiger partial charge is 0.491 e. The smallest absolute Gasteiger partial charge is 0.169 e. The lowest BCUT2D eigenvalue weighted by Crippen LogP contribution is -2.05. The van der Waals surface area contributed by atoms with Crippen molar-refractivity contribution in [1.29, 1.82) is 0 Å². The average molecular weight is 310 g/mol. The van der Waals surface area contributed by atoms with Gasteiger partial charge in [-0.25, -0.2) is 0 Å². The van der Waals surface area contributed by atoms with E-state index in [0.717, 1.165) is 31.8 Å². The van der Waals surface area contributed by atoms with E-state index in [1.54, 1.807) is 18.3 Å². The summed E-state index contributed by atoms with van der Waals surface area (Å²) in [6, 6.07) is 16.4. The van der Waals surface area contributed by atoms with Gasteiger partial charge in [0.05, 0.1) is 11.0 Å². The Hall–Kier alpha value is -2.13. The summed E-state index contributed by atoms with van der Waals surface area (Å²) < 4.78 is 6.82. The molecule has 2 nitrogen and oxygen atoms in total. The third-order valence-corrected chi connectivity index (χ3v) is 4.64. The highest BCUT2D eigenvalue weighted by atomic mass is 32.1. The number of ether oxygens (including phenoxy) is 1. The van der Waals surface area contributed by atoms with Crippen LogP contribution in [-0.4, -0.2) is 11.9 Å². The summed E-state index contributed by atoms with van der Waals surface area (Å²) in [5, 5.41) is 1.12. The highest BCUT2D eigenvalue weighted by Crippen LogP contribution is 2.31. The first-order chi connectivity index (χ1) is 10.5. The molecule has 0 saturated heterocycles. The Bertz CT molecular complexity index is 813. The normalized spacial score (nSPS) is 11.1. The molecule has 1 heterocycles. The highest BCUT2D eigenvalue weighted by molar-refractivity contribution is 7.20. The van der Waals surface area contributed by atoms with Crippen LogP contribution in [0.2, 0.25) is 0 Å². The van der Waals surface area contributed by atoms with Gasteiger partial charge in [-0.3, -0.25) is 4.79 Å². The monoisotopic (exact) mass is 310 g/mol. The topological polar surface area (TPSA) is 26.3 Å². The van der Waals surface area contributed by atoms with Gasteiger partial charge in [0, 0.05) is 4.70 Å². The molecule has 0 saturated carbocycles. The third-order valence-electron chi connectivity index (χ3n) is 3.42. The van der Waals surface area contributed by atoms with Gasteiger partial charge in [-0.1, -0.05) is 18.2 Å². The number of ketones is 1. The molecular formula is C19H18O2S. The van der Waals surface area contributed by atoms with E-state index in [0.29, 0.717) is 0 Å². The van der Waals surface area contributed by atoms with E-state index in [4.69, 9.17) is 4.74 Å². The second-order valence-electron chi connectivity index (χ2n) is 5.61. The lowest BCUT2D eigenvalue weighted by Gasteiger charge is -2.10. The minimum Gasteiger partial charge on any atom is -0.491 e. The molecule has 0 aliphatic carbocycles. The van der Waals surface area contributed by atoms with Crippen LogP contribution in [0.5, 0.6) is 5.75 Å². The maximum atomic E-state index is 11.5. The van der Waals surface area contributed by atoms with Crippen LogP contribution in [0.3, 0.4) is 0 Å². The molecule has 1 aromatic heterocycles. The van der Waals surface area contributed by atoms with E-state index in [1.165, 1.54) is 0 Å². The predicted octanol–water partition coefficient (Wildman–Crippen LogP) is 5.56. The van der Waals surface area contributed by atoms with Gasteiger partial charge in [0.25, 0.3) is 0 Å².